The molecule has 0 saturated heterocycles. The molecule has 1 fully saturated rings. The van der Waals surface area contributed by atoms with Gasteiger partial charge in [0.1, 0.15) is 0 Å². The zero-order chi connectivity index (χ0) is 12.0. The minimum atomic E-state index is 0.449. The lowest BCUT2D eigenvalue weighted by molar-refractivity contribution is 0.216. The molecule has 0 aromatic heterocycles. The Morgan fingerprint density at radius 1 is 1.31 bits per heavy atom. The van der Waals surface area contributed by atoms with Crippen molar-refractivity contribution in [2.75, 3.05) is 0 Å². The summed E-state index contributed by atoms with van der Waals surface area (Å²) < 4.78 is 0. The van der Waals surface area contributed by atoms with E-state index in [-0.39, 0.29) is 0 Å². The Hall–Kier alpha value is -0.340. The maximum Gasteiger partial charge on any atom is 0.0275 e. The van der Waals surface area contributed by atoms with E-state index in [9.17, 15) is 0 Å². The lowest BCUT2D eigenvalue weighted by atomic mass is 9.76. The smallest absolute Gasteiger partial charge is 0.0275 e. The van der Waals surface area contributed by atoms with Gasteiger partial charge in [-0.1, -0.05) is 45.3 Å². The summed E-state index contributed by atoms with van der Waals surface area (Å²) in [6.45, 7) is 8.57. The lowest BCUT2D eigenvalue weighted by Crippen LogP contribution is -2.42. The monoisotopic (exact) mass is 224 g/mol. The minimum absolute atomic E-state index is 0.449. The highest BCUT2D eigenvalue weighted by Crippen LogP contribution is 2.33. The van der Waals surface area contributed by atoms with Gasteiger partial charge in [0.2, 0.25) is 0 Å². The van der Waals surface area contributed by atoms with E-state index >= 15 is 0 Å². The van der Waals surface area contributed by atoms with E-state index in [0.29, 0.717) is 6.04 Å². The van der Waals surface area contributed by atoms with E-state index in [1.807, 2.05) is 0 Å². The minimum Gasteiger partial charge on any atom is -0.271 e. The molecule has 1 saturated carbocycles. The maximum absolute atomic E-state index is 5.68. The summed E-state index contributed by atoms with van der Waals surface area (Å²) in [6.07, 6.45) is 8.91. The van der Waals surface area contributed by atoms with Gasteiger partial charge in [0, 0.05) is 6.04 Å². The number of hydrogen-bond acceptors (Lipinski definition) is 2. The van der Waals surface area contributed by atoms with Crippen molar-refractivity contribution in [1.82, 2.24) is 5.43 Å². The molecular formula is C14H28N2. The molecule has 1 atom stereocenters. The molecule has 2 heteroatoms. The van der Waals surface area contributed by atoms with Crippen molar-refractivity contribution in [1.29, 1.82) is 0 Å². The van der Waals surface area contributed by atoms with E-state index in [2.05, 4.69) is 25.9 Å². The van der Waals surface area contributed by atoms with Gasteiger partial charge in [-0.05, 0) is 37.5 Å². The molecule has 1 rings (SSSR count). The number of hydrogen-bond donors (Lipinski definition) is 2. The Morgan fingerprint density at radius 2 is 1.94 bits per heavy atom. The van der Waals surface area contributed by atoms with Gasteiger partial charge < -0.3 is 0 Å². The van der Waals surface area contributed by atoms with Crippen LogP contribution in [0.2, 0.25) is 0 Å². The van der Waals surface area contributed by atoms with Crippen molar-refractivity contribution in [2.24, 2.45) is 17.7 Å². The van der Waals surface area contributed by atoms with Crippen LogP contribution in [0.25, 0.3) is 0 Å². The topological polar surface area (TPSA) is 38.0 Å². The third kappa shape index (κ3) is 3.91. The Morgan fingerprint density at radius 3 is 2.38 bits per heavy atom. The van der Waals surface area contributed by atoms with Crippen LogP contribution in [0.4, 0.5) is 0 Å². The van der Waals surface area contributed by atoms with Crippen LogP contribution in [0, 0.1) is 11.8 Å². The summed E-state index contributed by atoms with van der Waals surface area (Å²) in [5.41, 5.74) is 4.33. The molecule has 0 aliphatic heterocycles. The highest BCUT2D eigenvalue weighted by molar-refractivity contribution is 4.98. The largest absolute Gasteiger partial charge is 0.271 e. The molecule has 1 unspecified atom stereocenters. The molecule has 0 heterocycles. The van der Waals surface area contributed by atoms with Crippen molar-refractivity contribution >= 4 is 0 Å². The molecule has 0 aromatic carbocycles. The van der Waals surface area contributed by atoms with Gasteiger partial charge in [-0.3, -0.25) is 11.3 Å². The Kier molecular flexibility index (Phi) is 6.07. The van der Waals surface area contributed by atoms with Crippen LogP contribution in [-0.2, 0) is 0 Å². The predicted molar refractivity (Wildman–Crippen MR) is 70.9 cm³/mol. The molecule has 3 N–H and O–H groups in total. The van der Waals surface area contributed by atoms with Crippen molar-refractivity contribution in [2.45, 2.75) is 64.8 Å². The van der Waals surface area contributed by atoms with Gasteiger partial charge in [0.25, 0.3) is 0 Å². The first-order chi connectivity index (χ1) is 7.71. The Labute approximate surface area is 101 Å². The van der Waals surface area contributed by atoms with Crippen LogP contribution >= 0.6 is 0 Å². The zero-order valence-electron chi connectivity index (χ0n) is 11.0. The number of hydrazine groups is 1. The Balaban J connectivity index is 2.39. The van der Waals surface area contributed by atoms with Gasteiger partial charge in [-0.2, -0.15) is 0 Å². The third-order valence-corrected chi connectivity index (χ3v) is 4.26. The summed E-state index contributed by atoms with van der Waals surface area (Å²) in [4.78, 5) is 0. The van der Waals surface area contributed by atoms with Crippen LogP contribution in [0.3, 0.4) is 0 Å². The normalized spacial score (nSPS) is 27.7. The fourth-order valence-electron chi connectivity index (χ4n) is 2.82. The average molecular weight is 224 g/mol. The van der Waals surface area contributed by atoms with Crippen molar-refractivity contribution < 1.29 is 0 Å². The standard InChI is InChI=1S/C14H28N2/c1-4-11(3)10-14(16-15)13-8-6-12(5-2)7-9-13/h12-14,16H,3-10,15H2,1-2H3. The molecule has 0 amide bonds. The summed E-state index contributed by atoms with van der Waals surface area (Å²) in [7, 11) is 0. The number of nitrogens with one attached hydrogen (secondary N) is 1. The molecule has 16 heavy (non-hydrogen) atoms. The second-order valence-electron chi connectivity index (χ2n) is 5.27. The highest BCUT2D eigenvalue weighted by atomic mass is 15.2. The van der Waals surface area contributed by atoms with E-state index in [1.54, 1.807) is 0 Å². The van der Waals surface area contributed by atoms with Crippen molar-refractivity contribution in [3.8, 4) is 0 Å². The summed E-state index contributed by atoms with van der Waals surface area (Å²) in [5.74, 6) is 7.41. The first-order valence-electron chi connectivity index (χ1n) is 6.84. The second kappa shape index (κ2) is 7.08. The van der Waals surface area contributed by atoms with Gasteiger partial charge in [0.15, 0.2) is 0 Å². The van der Waals surface area contributed by atoms with Gasteiger partial charge in [-0.25, -0.2) is 0 Å². The molecule has 1 aliphatic carbocycles. The summed E-state index contributed by atoms with van der Waals surface area (Å²) >= 11 is 0. The first-order valence-corrected chi connectivity index (χ1v) is 6.84. The fourth-order valence-corrected chi connectivity index (χ4v) is 2.82. The quantitative estimate of drug-likeness (QED) is 0.412. The predicted octanol–water partition coefficient (Wildman–Crippen LogP) is 3.39. The molecule has 0 spiro atoms. The third-order valence-electron chi connectivity index (χ3n) is 4.26. The molecular weight excluding hydrogens is 196 g/mol. The van der Waals surface area contributed by atoms with E-state index in [4.69, 9.17) is 5.84 Å². The molecule has 0 aromatic rings. The van der Waals surface area contributed by atoms with Crippen molar-refractivity contribution in [3.05, 3.63) is 12.2 Å². The summed E-state index contributed by atoms with van der Waals surface area (Å²) in [5, 5.41) is 0. The summed E-state index contributed by atoms with van der Waals surface area (Å²) in [6, 6.07) is 0.449. The Bertz CT molecular complexity index is 205. The first kappa shape index (κ1) is 13.7. The SMILES string of the molecule is C=C(CC)CC(NN)C1CCC(CC)CC1. The number of nitrogens with two attached hydrogens (primary N) is 1. The van der Waals surface area contributed by atoms with E-state index in [1.165, 1.54) is 37.7 Å². The number of rotatable bonds is 6. The van der Waals surface area contributed by atoms with Gasteiger partial charge >= 0.3 is 0 Å². The molecule has 0 radical (unpaired) electrons. The molecule has 0 bridgehead atoms. The maximum atomic E-state index is 5.68. The lowest BCUT2D eigenvalue weighted by Gasteiger charge is -2.33. The van der Waals surface area contributed by atoms with Crippen LogP contribution < -0.4 is 11.3 Å². The van der Waals surface area contributed by atoms with Crippen LogP contribution in [0.15, 0.2) is 12.2 Å². The second-order valence-corrected chi connectivity index (χ2v) is 5.27. The average Bonchev–Trinajstić information content (AvgIpc) is 2.35. The molecule has 1 aliphatic rings. The zero-order valence-corrected chi connectivity index (χ0v) is 11.0. The van der Waals surface area contributed by atoms with Crippen LogP contribution in [0.5, 0.6) is 0 Å². The van der Waals surface area contributed by atoms with Gasteiger partial charge in [0.05, 0.1) is 0 Å². The van der Waals surface area contributed by atoms with Crippen LogP contribution in [0.1, 0.15) is 58.8 Å². The molecule has 2 nitrogen and oxygen atoms in total. The molecule has 94 valence electrons. The van der Waals surface area contributed by atoms with Crippen LogP contribution in [-0.4, -0.2) is 6.04 Å². The fraction of sp³-hybridized carbons (Fsp3) is 0.857. The van der Waals surface area contributed by atoms with E-state index in [0.717, 1.165) is 24.7 Å². The van der Waals surface area contributed by atoms with Gasteiger partial charge in [-0.15, -0.1) is 0 Å². The van der Waals surface area contributed by atoms with Crippen molar-refractivity contribution in [3.63, 3.8) is 0 Å². The van der Waals surface area contributed by atoms with E-state index < -0.39 is 0 Å². The highest BCUT2D eigenvalue weighted by Gasteiger charge is 2.26.